The van der Waals surface area contributed by atoms with Crippen molar-refractivity contribution in [2.75, 3.05) is 7.11 Å². The van der Waals surface area contributed by atoms with Gasteiger partial charge in [-0.15, -0.1) is 0 Å². The molecule has 0 unspecified atom stereocenters. The highest BCUT2D eigenvalue weighted by Gasteiger charge is 2.11. The van der Waals surface area contributed by atoms with Gasteiger partial charge in [0.2, 0.25) is 0 Å². The number of carbonyl (C=O) groups is 1. The Labute approximate surface area is 150 Å². The lowest BCUT2D eigenvalue weighted by Gasteiger charge is -2.10. The highest BCUT2D eigenvalue weighted by molar-refractivity contribution is 5.81. The zero-order valence-electron chi connectivity index (χ0n) is 14.1. The predicted molar refractivity (Wildman–Crippen MR) is 100 cm³/mol. The molecule has 4 aromatic rings. The van der Waals surface area contributed by atoms with Crippen molar-refractivity contribution in [2.24, 2.45) is 0 Å². The smallest absolute Gasteiger partial charge is 0.178 e. The third kappa shape index (κ3) is 2.91. The second kappa shape index (κ2) is 6.72. The highest BCUT2D eigenvalue weighted by atomic mass is 16.5. The molecule has 0 saturated heterocycles. The van der Waals surface area contributed by atoms with E-state index in [4.69, 9.17) is 4.74 Å². The van der Waals surface area contributed by atoms with Crippen LogP contribution in [0.2, 0.25) is 0 Å². The maximum atomic E-state index is 11.1. The molecule has 0 aliphatic heterocycles. The number of rotatable bonds is 4. The number of pyridine rings is 1. The number of aromatic nitrogens is 3. The van der Waals surface area contributed by atoms with Crippen LogP contribution < -0.4 is 4.74 Å². The predicted octanol–water partition coefficient (Wildman–Crippen LogP) is 4.18. The quantitative estimate of drug-likeness (QED) is 0.521. The van der Waals surface area contributed by atoms with Gasteiger partial charge in [-0.3, -0.25) is 4.79 Å². The number of para-hydroxylation sites is 1. The average molecular weight is 341 g/mol. The number of carbonyl (C=O) groups excluding carboxylic acids is 1. The van der Waals surface area contributed by atoms with Crippen LogP contribution in [0, 0.1) is 0 Å². The number of methoxy groups -OCH3 is 1. The second-order valence-electron chi connectivity index (χ2n) is 5.74. The third-order valence-corrected chi connectivity index (χ3v) is 4.10. The Kier molecular flexibility index (Phi) is 4.11. The summed E-state index contributed by atoms with van der Waals surface area (Å²) >= 11 is 0. The molecule has 5 heteroatoms. The minimum atomic E-state index is 0.552. The first kappa shape index (κ1) is 15.9. The lowest BCUT2D eigenvalue weighted by molar-refractivity contribution is 0.112. The van der Waals surface area contributed by atoms with E-state index >= 15 is 0 Å². The lowest BCUT2D eigenvalue weighted by Crippen LogP contribution is -1.96. The Morgan fingerprint density at radius 2 is 1.77 bits per heavy atom. The van der Waals surface area contributed by atoms with Crippen LogP contribution in [0.15, 0.2) is 66.9 Å². The first-order chi connectivity index (χ1) is 12.8. The molecule has 0 amide bonds. The molecule has 0 N–H and O–H groups in total. The Hall–Kier alpha value is -3.60. The zero-order valence-corrected chi connectivity index (χ0v) is 14.1. The van der Waals surface area contributed by atoms with Gasteiger partial charge in [0.05, 0.1) is 18.3 Å². The second-order valence-corrected chi connectivity index (χ2v) is 5.74. The number of ether oxygens (including phenoxy) is 1. The zero-order chi connectivity index (χ0) is 17.9. The molecule has 0 aliphatic carbocycles. The van der Waals surface area contributed by atoms with Crippen LogP contribution >= 0.6 is 0 Å². The van der Waals surface area contributed by atoms with Gasteiger partial charge in [-0.2, -0.15) is 0 Å². The summed E-state index contributed by atoms with van der Waals surface area (Å²) < 4.78 is 5.42. The first-order valence-electron chi connectivity index (χ1n) is 8.11. The molecule has 0 aliphatic rings. The lowest BCUT2D eigenvalue weighted by atomic mass is 10.1. The van der Waals surface area contributed by atoms with Gasteiger partial charge in [-0.1, -0.05) is 24.3 Å². The van der Waals surface area contributed by atoms with E-state index in [0.29, 0.717) is 28.5 Å². The molecule has 5 nitrogen and oxygen atoms in total. The summed E-state index contributed by atoms with van der Waals surface area (Å²) in [5, 5.41) is 0.979. The van der Waals surface area contributed by atoms with Gasteiger partial charge in [-0.05, 0) is 36.4 Å². The molecule has 0 bridgehead atoms. The van der Waals surface area contributed by atoms with Crippen molar-refractivity contribution < 1.29 is 9.53 Å². The van der Waals surface area contributed by atoms with E-state index in [1.807, 2.05) is 42.5 Å². The van der Waals surface area contributed by atoms with Gasteiger partial charge >= 0.3 is 0 Å². The number of hydrogen-bond donors (Lipinski definition) is 0. The van der Waals surface area contributed by atoms with Crippen LogP contribution in [0.1, 0.15) is 10.4 Å². The highest BCUT2D eigenvalue weighted by Crippen LogP contribution is 2.30. The molecule has 0 atom stereocenters. The standard InChI is InChI=1S/C21H15N3O2/c1-26-20-10-9-14(13-25)11-16(20)18-7-4-8-19(23-18)21-22-12-15-5-2-3-6-17(15)24-21/h2-13H,1H3. The van der Waals surface area contributed by atoms with Crippen molar-refractivity contribution in [2.45, 2.75) is 0 Å². The van der Waals surface area contributed by atoms with E-state index in [1.54, 1.807) is 31.5 Å². The normalized spacial score (nSPS) is 10.7. The molecule has 2 heterocycles. The summed E-state index contributed by atoms with van der Waals surface area (Å²) in [5.41, 5.74) is 3.53. The van der Waals surface area contributed by atoms with Gasteiger partial charge in [0.25, 0.3) is 0 Å². The van der Waals surface area contributed by atoms with E-state index in [2.05, 4.69) is 15.0 Å². The summed E-state index contributed by atoms with van der Waals surface area (Å²) in [6.07, 6.45) is 2.60. The van der Waals surface area contributed by atoms with Crippen molar-refractivity contribution in [3.05, 3.63) is 72.4 Å². The van der Waals surface area contributed by atoms with Crippen molar-refractivity contribution >= 4 is 17.2 Å². The minimum Gasteiger partial charge on any atom is -0.496 e. The number of nitrogens with zero attached hydrogens (tertiary/aromatic N) is 3. The van der Waals surface area contributed by atoms with Gasteiger partial charge in [0.15, 0.2) is 5.82 Å². The molecular formula is C21H15N3O2. The number of hydrogen-bond acceptors (Lipinski definition) is 5. The van der Waals surface area contributed by atoms with Crippen LogP contribution in [-0.2, 0) is 0 Å². The number of aldehydes is 1. The molecular weight excluding hydrogens is 326 g/mol. The van der Waals surface area contributed by atoms with Crippen LogP contribution in [0.3, 0.4) is 0 Å². The Morgan fingerprint density at radius 3 is 2.62 bits per heavy atom. The van der Waals surface area contributed by atoms with Crippen molar-refractivity contribution in [1.82, 2.24) is 15.0 Å². The average Bonchev–Trinajstić information content (AvgIpc) is 2.73. The van der Waals surface area contributed by atoms with E-state index in [1.165, 1.54) is 0 Å². The summed E-state index contributed by atoms with van der Waals surface area (Å²) in [4.78, 5) is 24.8. The largest absolute Gasteiger partial charge is 0.496 e. The maximum Gasteiger partial charge on any atom is 0.178 e. The summed E-state index contributed by atoms with van der Waals surface area (Å²) in [7, 11) is 1.59. The Balaban J connectivity index is 1.83. The molecule has 0 saturated carbocycles. The molecule has 0 fully saturated rings. The fourth-order valence-electron chi connectivity index (χ4n) is 2.80. The molecule has 26 heavy (non-hydrogen) atoms. The molecule has 0 radical (unpaired) electrons. The minimum absolute atomic E-state index is 0.552. The summed E-state index contributed by atoms with van der Waals surface area (Å²) in [6.45, 7) is 0. The Bertz CT molecular complexity index is 1110. The SMILES string of the molecule is COc1ccc(C=O)cc1-c1cccc(-c2ncc3ccccc3n2)n1. The van der Waals surface area contributed by atoms with Crippen LogP contribution in [0.4, 0.5) is 0 Å². The van der Waals surface area contributed by atoms with Crippen LogP contribution in [-0.4, -0.2) is 28.3 Å². The molecule has 2 aromatic carbocycles. The molecule has 2 aromatic heterocycles. The van der Waals surface area contributed by atoms with E-state index in [-0.39, 0.29) is 0 Å². The van der Waals surface area contributed by atoms with Gasteiger partial charge < -0.3 is 4.74 Å². The fourth-order valence-corrected chi connectivity index (χ4v) is 2.80. The molecule has 4 rings (SSSR count). The van der Waals surface area contributed by atoms with Gasteiger partial charge in [0.1, 0.15) is 17.7 Å². The molecule has 0 spiro atoms. The van der Waals surface area contributed by atoms with Gasteiger partial charge in [-0.25, -0.2) is 15.0 Å². The molecule has 126 valence electrons. The van der Waals surface area contributed by atoms with Crippen molar-refractivity contribution in [3.63, 3.8) is 0 Å². The third-order valence-electron chi connectivity index (χ3n) is 4.10. The van der Waals surface area contributed by atoms with E-state index in [0.717, 1.165) is 22.8 Å². The van der Waals surface area contributed by atoms with E-state index < -0.39 is 0 Å². The summed E-state index contributed by atoms with van der Waals surface area (Å²) in [6, 6.07) is 18.7. The maximum absolute atomic E-state index is 11.1. The fraction of sp³-hybridized carbons (Fsp3) is 0.0476. The summed E-state index contributed by atoms with van der Waals surface area (Å²) in [5.74, 6) is 1.20. The topological polar surface area (TPSA) is 65.0 Å². The Morgan fingerprint density at radius 1 is 0.923 bits per heavy atom. The van der Waals surface area contributed by atoms with Crippen LogP contribution in [0.25, 0.3) is 33.7 Å². The first-order valence-corrected chi connectivity index (χ1v) is 8.11. The van der Waals surface area contributed by atoms with Crippen molar-refractivity contribution in [1.29, 1.82) is 0 Å². The monoisotopic (exact) mass is 341 g/mol. The number of benzene rings is 2. The van der Waals surface area contributed by atoms with Crippen LogP contribution in [0.5, 0.6) is 5.75 Å². The van der Waals surface area contributed by atoms with Crippen molar-refractivity contribution in [3.8, 4) is 28.5 Å². The van der Waals surface area contributed by atoms with Gasteiger partial charge in [0, 0.05) is 22.7 Å². The number of fused-ring (bicyclic) bond motifs is 1. The van der Waals surface area contributed by atoms with E-state index in [9.17, 15) is 4.79 Å².